The number of nitrogens with one attached hydrogen (secondary N) is 1. The van der Waals surface area contributed by atoms with Crippen molar-refractivity contribution in [2.24, 2.45) is 5.73 Å². The van der Waals surface area contributed by atoms with Gasteiger partial charge in [0.05, 0.1) is 11.6 Å². The summed E-state index contributed by atoms with van der Waals surface area (Å²) in [5, 5.41) is 7.36. The van der Waals surface area contributed by atoms with E-state index in [1.54, 1.807) is 19.4 Å². The van der Waals surface area contributed by atoms with Crippen molar-refractivity contribution in [3.05, 3.63) is 52.3 Å². The van der Waals surface area contributed by atoms with E-state index in [0.717, 1.165) is 15.8 Å². The molecule has 2 rings (SSSR count). The maximum absolute atomic E-state index is 7.36. The van der Waals surface area contributed by atoms with Crippen molar-refractivity contribution in [1.29, 1.82) is 5.41 Å². The van der Waals surface area contributed by atoms with E-state index in [4.69, 9.17) is 20.6 Å². The average molecular weight is 336 g/mol. The molecule has 0 aliphatic carbocycles. The molecule has 0 unspecified atom stereocenters. The summed E-state index contributed by atoms with van der Waals surface area (Å²) in [7, 11) is 1.61. The minimum Gasteiger partial charge on any atom is -0.497 e. The predicted molar refractivity (Wildman–Crippen MR) is 80.3 cm³/mol. The monoisotopic (exact) mass is 335 g/mol. The van der Waals surface area contributed by atoms with Gasteiger partial charge in [-0.3, -0.25) is 10.4 Å². The van der Waals surface area contributed by atoms with E-state index in [9.17, 15) is 0 Å². The number of hydrogen-bond acceptors (Lipinski definition) is 4. The molecule has 0 amide bonds. The molecule has 0 bridgehead atoms. The third kappa shape index (κ3) is 3.48. The smallest absolute Gasteiger partial charge is 0.141 e. The van der Waals surface area contributed by atoms with Crippen LogP contribution in [-0.2, 0) is 6.61 Å². The SMILES string of the molecule is COc1ccc(OCc2ccnc(C(=N)N)c2)c(Br)c1. The molecule has 3 N–H and O–H groups in total. The molecule has 5 nitrogen and oxygen atoms in total. The highest BCUT2D eigenvalue weighted by Crippen LogP contribution is 2.29. The molecule has 6 heteroatoms. The van der Waals surface area contributed by atoms with Crippen LogP contribution in [0.5, 0.6) is 11.5 Å². The second-order valence-corrected chi connectivity index (χ2v) is 4.90. The first kappa shape index (κ1) is 14.3. The molecule has 1 aromatic carbocycles. The van der Waals surface area contributed by atoms with Crippen LogP contribution in [0.2, 0.25) is 0 Å². The quantitative estimate of drug-likeness (QED) is 0.650. The summed E-state index contributed by atoms with van der Waals surface area (Å²) in [6, 6.07) is 9.05. The van der Waals surface area contributed by atoms with Gasteiger partial charge in [-0.1, -0.05) is 0 Å². The summed E-state index contributed by atoms with van der Waals surface area (Å²) in [5.74, 6) is 1.41. The lowest BCUT2D eigenvalue weighted by Crippen LogP contribution is -2.13. The number of hydrogen-bond donors (Lipinski definition) is 2. The second-order valence-electron chi connectivity index (χ2n) is 4.05. The third-order valence-corrected chi connectivity index (χ3v) is 3.25. The fraction of sp³-hybridized carbons (Fsp3) is 0.143. The summed E-state index contributed by atoms with van der Waals surface area (Å²) < 4.78 is 11.7. The highest BCUT2D eigenvalue weighted by atomic mass is 79.9. The van der Waals surface area contributed by atoms with Crippen molar-refractivity contribution in [3.8, 4) is 11.5 Å². The van der Waals surface area contributed by atoms with Crippen LogP contribution < -0.4 is 15.2 Å². The zero-order valence-electron chi connectivity index (χ0n) is 10.9. The van der Waals surface area contributed by atoms with E-state index in [-0.39, 0.29) is 5.84 Å². The first-order valence-electron chi connectivity index (χ1n) is 5.86. The molecule has 0 aliphatic rings. The van der Waals surface area contributed by atoms with Gasteiger partial charge in [0.2, 0.25) is 0 Å². The average Bonchev–Trinajstić information content (AvgIpc) is 2.46. The van der Waals surface area contributed by atoms with Crippen LogP contribution in [0.15, 0.2) is 41.0 Å². The number of ether oxygens (including phenoxy) is 2. The summed E-state index contributed by atoms with van der Waals surface area (Å²) in [6.07, 6.45) is 1.61. The molecule has 20 heavy (non-hydrogen) atoms. The first-order valence-corrected chi connectivity index (χ1v) is 6.65. The Morgan fingerprint density at radius 2 is 2.15 bits per heavy atom. The van der Waals surface area contributed by atoms with Gasteiger partial charge in [-0.15, -0.1) is 0 Å². The van der Waals surface area contributed by atoms with Crippen LogP contribution in [0, 0.1) is 5.41 Å². The van der Waals surface area contributed by atoms with Gasteiger partial charge < -0.3 is 15.2 Å². The third-order valence-electron chi connectivity index (χ3n) is 2.63. The highest BCUT2D eigenvalue weighted by molar-refractivity contribution is 9.10. The Balaban J connectivity index is 2.09. The number of benzene rings is 1. The van der Waals surface area contributed by atoms with Gasteiger partial charge in [0.25, 0.3) is 0 Å². The zero-order chi connectivity index (χ0) is 14.5. The van der Waals surface area contributed by atoms with Crippen molar-refractivity contribution < 1.29 is 9.47 Å². The lowest BCUT2D eigenvalue weighted by atomic mass is 10.2. The Morgan fingerprint density at radius 3 is 2.80 bits per heavy atom. The number of pyridine rings is 1. The molecular formula is C14H14BrN3O2. The van der Waals surface area contributed by atoms with Crippen LogP contribution in [-0.4, -0.2) is 17.9 Å². The van der Waals surface area contributed by atoms with Gasteiger partial charge in [0.1, 0.15) is 29.6 Å². The van der Waals surface area contributed by atoms with Crippen molar-refractivity contribution in [1.82, 2.24) is 4.98 Å². The standard InChI is InChI=1S/C14H14BrN3O2/c1-19-10-2-3-13(11(15)7-10)20-8-9-4-5-18-12(6-9)14(16)17/h2-7H,8H2,1H3,(H3,16,17). The molecule has 1 aromatic heterocycles. The predicted octanol–water partition coefficient (Wildman–Crippen LogP) is 2.72. The molecule has 0 spiro atoms. The van der Waals surface area contributed by atoms with Gasteiger partial charge in [0.15, 0.2) is 0 Å². The Kier molecular flexibility index (Phi) is 4.57. The van der Waals surface area contributed by atoms with E-state index in [2.05, 4.69) is 20.9 Å². The minimum absolute atomic E-state index is 0.0579. The lowest BCUT2D eigenvalue weighted by molar-refractivity contribution is 0.303. The minimum atomic E-state index is -0.0579. The number of nitrogens with zero attached hydrogens (tertiary/aromatic N) is 1. The normalized spacial score (nSPS) is 10.1. The molecule has 0 aliphatic heterocycles. The van der Waals surface area contributed by atoms with Crippen LogP contribution in [0.3, 0.4) is 0 Å². The van der Waals surface area contributed by atoms with Crippen molar-refractivity contribution in [2.75, 3.05) is 7.11 Å². The van der Waals surface area contributed by atoms with Crippen molar-refractivity contribution >= 4 is 21.8 Å². The number of rotatable bonds is 5. The number of aromatic nitrogens is 1. The number of halogens is 1. The Morgan fingerprint density at radius 1 is 1.35 bits per heavy atom. The highest BCUT2D eigenvalue weighted by Gasteiger charge is 2.05. The Bertz CT molecular complexity index is 632. The maximum atomic E-state index is 7.36. The topological polar surface area (TPSA) is 81.2 Å². The van der Waals surface area contributed by atoms with E-state index in [1.165, 1.54) is 0 Å². The molecule has 104 valence electrons. The molecular weight excluding hydrogens is 322 g/mol. The fourth-order valence-electron chi connectivity index (χ4n) is 1.60. The number of amidine groups is 1. The van der Waals surface area contributed by atoms with Gasteiger partial charge in [0, 0.05) is 6.20 Å². The van der Waals surface area contributed by atoms with Crippen molar-refractivity contribution in [3.63, 3.8) is 0 Å². The molecule has 0 fully saturated rings. The van der Waals surface area contributed by atoms with Crippen LogP contribution in [0.1, 0.15) is 11.3 Å². The van der Waals surface area contributed by atoms with E-state index in [1.807, 2.05) is 24.3 Å². The number of nitrogens with two attached hydrogens (primary N) is 1. The summed E-state index contributed by atoms with van der Waals surface area (Å²) in [6.45, 7) is 0.369. The van der Waals surface area contributed by atoms with E-state index < -0.39 is 0 Å². The van der Waals surface area contributed by atoms with Crippen molar-refractivity contribution in [2.45, 2.75) is 6.61 Å². The maximum Gasteiger partial charge on any atom is 0.141 e. The lowest BCUT2D eigenvalue weighted by Gasteiger charge is -2.10. The Hall–Kier alpha value is -2.08. The molecule has 0 radical (unpaired) electrons. The molecule has 0 saturated carbocycles. The second kappa shape index (κ2) is 6.38. The van der Waals surface area contributed by atoms with Gasteiger partial charge in [-0.25, -0.2) is 0 Å². The molecule has 0 saturated heterocycles. The summed E-state index contributed by atoms with van der Waals surface area (Å²) in [4.78, 5) is 4.00. The Labute approximate surface area is 125 Å². The number of methoxy groups -OCH3 is 1. The van der Waals surface area contributed by atoms with Gasteiger partial charge in [-0.2, -0.15) is 0 Å². The molecule has 1 heterocycles. The van der Waals surface area contributed by atoms with E-state index >= 15 is 0 Å². The summed E-state index contributed by atoms with van der Waals surface area (Å²) in [5.41, 5.74) is 6.75. The van der Waals surface area contributed by atoms with Gasteiger partial charge >= 0.3 is 0 Å². The summed E-state index contributed by atoms with van der Waals surface area (Å²) >= 11 is 3.43. The van der Waals surface area contributed by atoms with Crippen LogP contribution in [0.4, 0.5) is 0 Å². The van der Waals surface area contributed by atoms with Crippen LogP contribution in [0.25, 0.3) is 0 Å². The largest absolute Gasteiger partial charge is 0.497 e. The molecule has 0 atom stereocenters. The zero-order valence-corrected chi connectivity index (χ0v) is 12.5. The number of nitrogen functional groups attached to an aromatic ring is 1. The first-order chi connectivity index (χ1) is 9.60. The molecule has 2 aromatic rings. The van der Waals surface area contributed by atoms with Gasteiger partial charge in [-0.05, 0) is 51.8 Å². The van der Waals surface area contributed by atoms with E-state index in [0.29, 0.717) is 18.1 Å². The fourth-order valence-corrected chi connectivity index (χ4v) is 2.07. The van der Waals surface area contributed by atoms with Crippen LogP contribution >= 0.6 is 15.9 Å².